The minimum atomic E-state index is -0.454. The number of thioether (sulfide) groups is 1. The van der Waals surface area contributed by atoms with Crippen LogP contribution in [0.3, 0.4) is 0 Å². The minimum absolute atomic E-state index is 0.0753. The van der Waals surface area contributed by atoms with Crippen molar-refractivity contribution in [1.29, 1.82) is 0 Å². The molecule has 1 saturated heterocycles. The van der Waals surface area contributed by atoms with Crippen molar-refractivity contribution < 1.29 is 14.4 Å². The lowest BCUT2D eigenvalue weighted by Gasteiger charge is -2.43. The number of anilines is 2. The number of benzene rings is 2. The van der Waals surface area contributed by atoms with Crippen LogP contribution in [-0.2, 0) is 9.59 Å². The predicted molar refractivity (Wildman–Crippen MR) is 147 cm³/mol. The molecule has 0 radical (unpaired) electrons. The molecular weight excluding hydrogens is 526 g/mol. The molecule has 6 nitrogen and oxygen atoms in total. The Morgan fingerprint density at radius 3 is 2.54 bits per heavy atom. The van der Waals surface area contributed by atoms with E-state index in [4.69, 9.17) is 0 Å². The van der Waals surface area contributed by atoms with Gasteiger partial charge in [-0.05, 0) is 92.6 Å². The second-order valence-corrected chi connectivity index (χ2v) is 11.1. The summed E-state index contributed by atoms with van der Waals surface area (Å²) < 4.78 is 0.890. The molecule has 0 aromatic heterocycles. The van der Waals surface area contributed by atoms with E-state index >= 15 is 0 Å². The molecule has 0 atom stereocenters. The fourth-order valence-corrected chi connectivity index (χ4v) is 5.59. The molecule has 2 heterocycles. The number of halogens is 1. The fraction of sp³-hybridized carbons (Fsp3) is 0.296. The third-order valence-corrected chi connectivity index (χ3v) is 7.49. The molecule has 0 spiro atoms. The van der Waals surface area contributed by atoms with E-state index in [9.17, 15) is 14.4 Å². The quantitative estimate of drug-likeness (QED) is 0.411. The molecule has 0 unspecified atom stereocenters. The van der Waals surface area contributed by atoms with Crippen molar-refractivity contribution in [2.75, 3.05) is 23.3 Å². The van der Waals surface area contributed by atoms with Crippen LogP contribution in [0.25, 0.3) is 11.6 Å². The van der Waals surface area contributed by atoms with Gasteiger partial charge in [0.1, 0.15) is 6.54 Å². The summed E-state index contributed by atoms with van der Waals surface area (Å²) in [6.07, 6.45) is 5.04. The molecule has 4 rings (SSSR count). The summed E-state index contributed by atoms with van der Waals surface area (Å²) in [6.45, 7) is 9.32. The number of nitrogens with zero attached hydrogens (tertiary/aromatic N) is 2. The van der Waals surface area contributed by atoms with Gasteiger partial charge in [0.15, 0.2) is 0 Å². The lowest BCUT2D eigenvalue weighted by atomic mass is 9.88. The highest BCUT2D eigenvalue weighted by molar-refractivity contribution is 9.10. The maximum atomic E-state index is 12.9. The van der Waals surface area contributed by atoms with Crippen molar-refractivity contribution in [3.8, 4) is 0 Å². The minimum Gasteiger partial charge on any atom is -0.362 e. The van der Waals surface area contributed by atoms with Crippen molar-refractivity contribution in [2.24, 2.45) is 0 Å². The molecule has 2 aliphatic heterocycles. The topological polar surface area (TPSA) is 69.7 Å². The lowest BCUT2D eigenvalue weighted by Crippen LogP contribution is -2.45. The summed E-state index contributed by atoms with van der Waals surface area (Å²) in [5.41, 5.74) is 4.85. The number of rotatable bonds is 6. The first-order chi connectivity index (χ1) is 16.6. The van der Waals surface area contributed by atoms with Gasteiger partial charge in [0.05, 0.1) is 10.4 Å². The third kappa shape index (κ3) is 5.38. The van der Waals surface area contributed by atoms with Crippen LogP contribution in [0.2, 0.25) is 0 Å². The van der Waals surface area contributed by atoms with E-state index in [-0.39, 0.29) is 12.1 Å². The molecule has 0 aliphatic carbocycles. The maximum absolute atomic E-state index is 12.9. The molecule has 182 valence electrons. The Balaban J connectivity index is 1.52. The van der Waals surface area contributed by atoms with E-state index in [0.29, 0.717) is 10.6 Å². The highest BCUT2D eigenvalue weighted by atomic mass is 79.9. The molecular formula is C27H28BrN3O3S. The van der Waals surface area contributed by atoms with E-state index in [1.54, 1.807) is 30.3 Å². The predicted octanol–water partition coefficient (Wildman–Crippen LogP) is 6.54. The van der Waals surface area contributed by atoms with E-state index in [2.05, 4.69) is 72.1 Å². The van der Waals surface area contributed by atoms with Crippen LogP contribution in [0.5, 0.6) is 0 Å². The Bertz CT molecular complexity index is 1250. The van der Waals surface area contributed by atoms with Gasteiger partial charge in [-0.1, -0.05) is 35.0 Å². The molecule has 8 heteroatoms. The Morgan fingerprint density at radius 2 is 1.86 bits per heavy atom. The smallest absolute Gasteiger partial charge is 0.294 e. The standard InChI is InChI=1S/C27H28BrN3O3S/c1-5-12-31-22-11-6-18(13-21(22)17(2)15-27(31,3)4)14-23-25(33)30(26(34)35-23)16-24(32)29-20-9-7-19(28)8-10-20/h6-11,13-15H,5,12,16H2,1-4H3,(H,29,32)/b23-14+. The monoisotopic (exact) mass is 553 g/mol. The number of nitrogens with one attached hydrogen (secondary N) is 1. The molecule has 2 aromatic rings. The van der Waals surface area contributed by atoms with Gasteiger partial charge in [0.2, 0.25) is 5.91 Å². The number of hydrogen-bond acceptors (Lipinski definition) is 5. The lowest BCUT2D eigenvalue weighted by molar-refractivity contribution is -0.127. The molecule has 1 fully saturated rings. The van der Waals surface area contributed by atoms with E-state index in [1.807, 2.05) is 6.07 Å². The first kappa shape index (κ1) is 25.3. The van der Waals surface area contributed by atoms with Crippen LogP contribution >= 0.6 is 27.7 Å². The molecule has 2 aliphatic rings. The van der Waals surface area contributed by atoms with Crippen LogP contribution in [-0.4, -0.2) is 40.6 Å². The average Bonchev–Trinajstić information content (AvgIpc) is 3.05. The van der Waals surface area contributed by atoms with Gasteiger partial charge < -0.3 is 10.2 Å². The number of carbonyl (C=O) groups is 3. The largest absolute Gasteiger partial charge is 0.362 e. The number of allylic oxidation sites excluding steroid dienone is 1. The van der Waals surface area contributed by atoms with Crippen molar-refractivity contribution >= 4 is 67.8 Å². The van der Waals surface area contributed by atoms with E-state index < -0.39 is 17.1 Å². The molecule has 0 bridgehead atoms. The maximum Gasteiger partial charge on any atom is 0.294 e. The summed E-state index contributed by atoms with van der Waals surface area (Å²) in [7, 11) is 0. The summed E-state index contributed by atoms with van der Waals surface area (Å²) in [5, 5.41) is 2.27. The molecule has 35 heavy (non-hydrogen) atoms. The summed E-state index contributed by atoms with van der Waals surface area (Å²) in [6, 6.07) is 13.2. The first-order valence-electron chi connectivity index (χ1n) is 11.5. The second kappa shape index (κ2) is 10.0. The Morgan fingerprint density at radius 1 is 1.14 bits per heavy atom. The van der Waals surface area contributed by atoms with Gasteiger partial charge >= 0.3 is 0 Å². The molecule has 3 amide bonds. The van der Waals surface area contributed by atoms with Gasteiger partial charge in [0, 0.05) is 28.0 Å². The van der Waals surface area contributed by atoms with Crippen LogP contribution in [0, 0.1) is 0 Å². The summed E-state index contributed by atoms with van der Waals surface area (Å²) in [4.78, 5) is 41.6. The number of hydrogen-bond donors (Lipinski definition) is 1. The highest BCUT2D eigenvalue weighted by Gasteiger charge is 2.36. The Hall–Kier alpha value is -2.84. The highest BCUT2D eigenvalue weighted by Crippen LogP contribution is 2.40. The third-order valence-electron chi connectivity index (χ3n) is 6.05. The Kier molecular flexibility index (Phi) is 7.24. The SMILES string of the molecule is CCCN1c2ccc(/C=C3/SC(=O)N(CC(=O)Nc4ccc(Br)cc4)C3=O)cc2C(C)=CC1(C)C. The van der Waals surface area contributed by atoms with E-state index in [0.717, 1.165) is 45.2 Å². The summed E-state index contributed by atoms with van der Waals surface area (Å²) in [5.74, 6) is -0.881. The summed E-state index contributed by atoms with van der Waals surface area (Å²) >= 11 is 4.21. The number of amides is 3. The van der Waals surface area contributed by atoms with Crippen molar-refractivity contribution in [1.82, 2.24) is 4.90 Å². The van der Waals surface area contributed by atoms with Gasteiger partial charge in [-0.2, -0.15) is 0 Å². The Labute approximate surface area is 218 Å². The number of carbonyl (C=O) groups excluding carboxylic acids is 3. The second-order valence-electron chi connectivity index (χ2n) is 9.23. The first-order valence-corrected chi connectivity index (χ1v) is 13.1. The fourth-order valence-electron chi connectivity index (χ4n) is 4.49. The molecule has 0 saturated carbocycles. The van der Waals surface area contributed by atoms with Crippen molar-refractivity contribution in [3.05, 3.63) is 69.0 Å². The van der Waals surface area contributed by atoms with Crippen molar-refractivity contribution in [3.63, 3.8) is 0 Å². The van der Waals surface area contributed by atoms with Crippen LogP contribution < -0.4 is 10.2 Å². The van der Waals surface area contributed by atoms with Gasteiger partial charge in [-0.3, -0.25) is 19.3 Å². The number of fused-ring (bicyclic) bond motifs is 1. The normalized spacial score (nSPS) is 18.1. The van der Waals surface area contributed by atoms with Gasteiger partial charge in [-0.25, -0.2) is 0 Å². The van der Waals surface area contributed by atoms with Gasteiger partial charge in [0.25, 0.3) is 11.1 Å². The van der Waals surface area contributed by atoms with Gasteiger partial charge in [-0.15, -0.1) is 0 Å². The van der Waals surface area contributed by atoms with E-state index in [1.165, 1.54) is 11.3 Å². The zero-order chi connectivity index (χ0) is 25.3. The molecule has 1 N–H and O–H groups in total. The van der Waals surface area contributed by atoms with Crippen LogP contribution in [0.15, 0.2) is 57.9 Å². The average molecular weight is 555 g/mol. The van der Waals surface area contributed by atoms with Crippen LogP contribution in [0.1, 0.15) is 45.2 Å². The zero-order valence-corrected chi connectivity index (χ0v) is 22.6. The van der Waals surface area contributed by atoms with Crippen LogP contribution in [0.4, 0.5) is 16.2 Å². The van der Waals surface area contributed by atoms with Crippen molar-refractivity contribution in [2.45, 2.75) is 39.7 Å². The zero-order valence-electron chi connectivity index (χ0n) is 20.2. The number of imide groups is 1. The molecule has 2 aromatic carbocycles.